The Morgan fingerprint density at radius 1 is 1.42 bits per heavy atom. The molecular formula is C14H15NO4. The molecule has 0 saturated carbocycles. The lowest BCUT2D eigenvalue weighted by Crippen LogP contribution is -2.26. The van der Waals surface area contributed by atoms with Crippen molar-refractivity contribution in [3.05, 3.63) is 47.9 Å². The number of aromatic hydroxyl groups is 1. The second kappa shape index (κ2) is 5.48. The Kier molecular flexibility index (Phi) is 3.75. The molecule has 2 N–H and O–H groups in total. The van der Waals surface area contributed by atoms with E-state index < -0.39 is 0 Å². The molecule has 0 unspecified atom stereocenters. The highest BCUT2D eigenvalue weighted by molar-refractivity contribution is 5.97. The number of methoxy groups -OCH3 is 1. The van der Waals surface area contributed by atoms with Crippen molar-refractivity contribution in [2.75, 3.05) is 7.11 Å². The Labute approximate surface area is 110 Å². The van der Waals surface area contributed by atoms with E-state index in [2.05, 4.69) is 5.32 Å². The molecule has 1 atom stereocenters. The molecule has 1 aromatic carbocycles. The van der Waals surface area contributed by atoms with Crippen molar-refractivity contribution in [3.8, 4) is 11.5 Å². The zero-order chi connectivity index (χ0) is 13.8. The van der Waals surface area contributed by atoms with Gasteiger partial charge in [0, 0.05) is 6.07 Å². The zero-order valence-corrected chi connectivity index (χ0v) is 10.7. The van der Waals surface area contributed by atoms with E-state index >= 15 is 0 Å². The molecule has 1 amide bonds. The molecule has 1 heterocycles. The number of carbonyl (C=O) groups excluding carboxylic acids is 1. The van der Waals surface area contributed by atoms with Gasteiger partial charge in [0.15, 0.2) is 0 Å². The van der Waals surface area contributed by atoms with Crippen molar-refractivity contribution >= 4 is 5.91 Å². The monoisotopic (exact) mass is 261 g/mol. The molecular weight excluding hydrogens is 246 g/mol. The minimum atomic E-state index is -0.371. The van der Waals surface area contributed by atoms with Crippen molar-refractivity contribution in [1.82, 2.24) is 5.32 Å². The third-order valence-corrected chi connectivity index (χ3v) is 2.77. The first kappa shape index (κ1) is 13.0. The summed E-state index contributed by atoms with van der Waals surface area (Å²) in [6, 6.07) is 7.78. The first-order chi connectivity index (χ1) is 9.11. The number of phenols is 1. The predicted octanol–water partition coefficient (Wildman–Crippen LogP) is 2.48. The molecule has 0 fully saturated rings. The molecule has 2 aromatic rings. The first-order valence-corrected chi connectivity index (χ1v) is 5.83. The van der Waals surface area contributed by atoms with Crippen LogP contribution in [0, 0.1) is 0 Å². The normalized spacial score (nSPS) is 11.9. The number of carbonyl (C=O) groups is 1. The Hall–Kier alpha value is -2.43. The molecule has 19 heavy (non-hydrogen) atoms. The van der Waals surface area contributed by atoms with E-state index in [1.54, 1.807) is 31.4 Å². The molecule has 5 heteroatoms. The number of ether oxygens (including phenoxy) is 1. The highest BCUT2D eigenvalue weighted by Crippen LogP contribution is 2.24. The maximum Gasteiger partial charge on any atom is 0.255 e. The van der Waals surface area contributed by atoms with Gasteiger partial charge in [0.2, 0.25) is 0 Å². The molecule has 100 valence electrons. The van der Waals surface area contributed by atoms with Crippen LogP contribution in [0.3, 0.4) is 0 Å². The number of furan rings is 1. The van der Waals surface area contributed by atoms with Crippen molar-refractivity contribution in [2.45, 2.75) is 13.0 Å². The number of phenolic OH excluding ortho intramolecular Hbond substituents is 1. The van der Waals surface area contributed by atoms with Gasteiger partial charge in [0.05, 0.1) is 25.0 Å². The highest BCUT2D eigenvalue weighted by Gasteiger charge is 2.16. The number of rotatable bonds is 4. The summed E-state index contributed by atoms with van der Waals surface area (Å²) in [7, 11) is 1.49. The summed E-state index contributed by atoms with van der Waals surface area (Å²) in [6.45, 7) is 1.80. The van der Waals surface area contributed by atoms with Crippen LogP contribution in [0.1, 0.15) is 29.1 Å². The molecule has 0 radical (unpaired) electrons. The highest BCUT2D eigenvalue weighted by atomic mass is 16.5. The van der Waals surface area contributed by atoms with Crippen LogP contribution in [-0.2, 0) is 0 Å². The quantitative estimate of drug-likeness (QED) is 0.887. The maximum atomic E-state index is 12.0. The van der Waals surface area contributed by atoms with Crippen molar-refractivity contribution in [2.24, 2.45) is 0 Å². The summed E-state index contributed by atoms with van der Waals surface area (Å²) in [4.78, 5) is 12.0. The summed E-state index contributed by atoms with van der Waals surface area (Å²) < 4.78 is 10.2. The Bertz CT molecular complexity index is 563. The largest absolute Gasteiger partial charge is 0.507 e. The number of hydrogen-bond donors (Lipinski definition) is 2. The molecule has 0 spiro atoms. The Morgan fingerprint density at radius 3 is 2.79 bits per heavy atom. The van der Waals surface area contributed by atoms with Gasteiger partial charge in [-0.3, -0.25) is 4.79 Å². The average molecular weight is 261 g/mol. The van der Waals surface area contributed by atoms with Crippen LogP contribution in [0.5, 0.6) is 11.5 Å². The van der Waals surface area contributed by atoms with E-state index in [-0.39, 0.29) is 23.3 Å². The van der Waals surface area contributed by atoms with Gasteiger partial charge >= 0.3 is 0 Å². The molecule has 1 aromatic heterocycles. The molecule has 0 aliphatic heterocycles. The summed E-state index contributed by atoms with van der Waals surface area (Å²) in [5, 5.41) is 12.5. The van der Waals surface area contributed by atoms with Crippen molar-refractivity contribution in [3.63, 3.8) is 0 Å². The fraction of sp³-hybridized carbons (Fsp3) is 0.214. The van der Waals surface area contributed by atoms with Crippen LogP contribution in [0.25, 0.3) is 0 Å². The van der Waals surface area contributed by atoms with Gasteiger partial charge in [0.25, 0.3) is 5.91 Å². The van der Waals surface area contributed by atoms with Gasteiger partial charge in [-0.2, -0.15) is 0 Å². The fourth-order valence-corrected chi connectivity index (χ4v) is 1.71. The van der Waals surface area contributed by atoms with E-state index in [4.69, 9.17) is 9.15 Å². The van der Waals surface area contributed by atoms with Crippen LogP contribution in [0.4, 0.5) is 0 Å². The number of hydrogen-bond acceptors (Lipinski definition) is 4. The SMILES string of the molecule is COc1ccc(C(=O)N[C@@H](C)c2ccco2)c(O)c1. The smallest absolute Gasteiger partial charge is 0.255 e. The van der Waals surface area contributed by atoms with E-state index in [1.807, 2.05) is 0 Å². The fourth-order valence-electron chi connectivity index (χ4n) is 1.71. The number of benzene rings is 1. The standard InChI is InChI=1S/C14H15NO4/c1-9(13-4-3-7-19-13)15-14(17)11-6-5-10(18-2)8-12(11)16/h3-9,16H,1-2H3,(H,15,17)/t9-/m0/s1. The van der Waals surface area contributed by atoms with Crippen molar-refractivity contribution in [1.29, 1.82) is 0 Å². The van der Waals surface area contributed by atoms with Crippen LogP contribution >= 0.6 is 0 Å². The lowest BCUT2D eigenvalue weighted by Gasteiger charge is -2.12. The van der Waals surface area contributed by atoms with Gasteiger partial charge in [-0.1, -0.05) is 0 Å². The lowest BCUT2D eigenvalue weighted by molar-refractivity contribution is 0.0932. The van der Waals surface area contributed by atoms with Crippen molar-refractivity contribution < 1.29 is 19.1 Å². The van der Waals surface area contributed by atoms with Crippen LogP contribution in [0.15, 0.2) is 41.0 Å². The van der Waals surface area contributed by atoms with E-state index in [1.165, 1.54) is 19.2 Å². The second-order valence-corrected chi connectivity index (χ2v) is 4.09. The Balaban J connectivity index is 2.12. The van der Waals surface area contributed by atoms with Crippen LogP contribution in [0.2, 0.25) is 0 Å². The average Bonchev–Trinajstić information content (AvgIpc) is 2.92. The topological polar surface area (TPSA) is 71.7 Å². The summed E-state index contributed by atoms with van der Waals surface area (Å²) in [5.74, 6) is 0.655. The summed E-state index contributed by atoms with van der Waals surface area (Å²) >= 11 is 0. The van der Waals surface area contributed by atoms with Gasteiger partial charge in [-0.15, -0.1) is 0 Å². The third kappa shape index (κ3) is 2.88. The first-order valence-electron chi connectivity index (χ1n) is 5.83. The molecule has 0 aliphatic rings. The van der Waals surface area contributed by atoms with E-state index in [0.717, 1.165) is 0 Å². The summed E-state index contributed by atoms with van der Waals surface area (Å²) in [5.41, 5.74) is 0.194. The van der Waals surface area contributed by atoms with Gasteiger partial charge < -0.3 is 19.6 Å². The van der Waals surface area contributed by atoms with Gasteiger partial charge in [0.1, 0.15) is 17.3 Å². The van der Waals surface area contributed by atoms with Gasteiger partial charge in [-0.25, -0.2) is 0 Å². The zero-order valence-electron chi connectivity index (χ0n) is 10.7. The number of nitrogens with one attached hydrogen (secondary N) is 1. The van der Waals surface area contributed by atoms with Crippen LogP contribution < -0.4 is 10.1 Å². The summed E-state index contributed by atoms with van der Waals surface area (Å²) in [6.07, 6.45) is 1.54. The number of amides is 1. The minimum Gasteiger partial charge on any atom is -0.507 e. The molecule has 5 nitrogen and oxygen atoms in total. The van der Waals surface area contributed by atoms with Crippen LogP contribution in [-0.4, -0.2) is 18.1 Å². The molecule has 0 bridgehead atoms. The van der Waals surface area contributed by atoms with E-state index in [0.29, 0.717) is 11.5 Å². The van der Waals surface area contributed by atoms with Gasteiger partial charge in [-0.05, 0) is 31.2 Å². The molecule has 2 rings (SSSR count). The van der Waals surface area contributed by atoms with E-state index in [9.17, 15) is 9.90 Å². The Morgan fingerprint density at radius 2 is 2.21 bits per heavy atom. The second-order valence-electron chi connectivity index (χ2n) is 4.09. The minimum absolute atomic E-state index is 0.122. The predicted molar refractivity (Wildman–Crippen MR) is 69.2 cm³/mol. The molecule has 0 aliphatic carbocycles. The molecule has 0 saturated heterocycles. The maximum absolute atomic E-state index is 12.0. The third-order valence-electron chi connectivity index (χ3n) is 2.77. The lowest BCUT2D eigenvalue weighted by atomic mass is 10.1.